The summed E-state index contributed by atoms with van der Waals surface area (Å²) in [5.74, 6) is -0.589. The number of aromatic nitrogens is 2. The maximum Gasteiger partial charge on any atom is 0.313 e. The molecular formula is C15H17FN2O2S. The van der Waals surface area contributed by atoms with Crippen molar-refractivity contribution in [3.63, 3.8) is 0 Å². The van der Waals surface area contributed by atoms with Crippen molar-refractivity contribution >= 4 is 28.8 Å². The molecule has 1 saturated carbocycles. The van der Waals surface area contributed by atoms with Crippen LogP contribution in [0.5, 0.6) is 0 Å². The van der Waals surface area contributed by atoms with Gasteiger partial charge in [0.05, 0.1) is 16.8 Å². The lowest BCUT2D eigenvalue weighted by Gasteiger charge is -2.08. The highest BCUT2D eigenvalue weighted by Gasteiger charge is 2.40. The van der Waals surface area contributed by atoms with Crippen LogP contribution in [0.15, 0.2) is 23.4 Å². The summed E-state index contributed by atoms with van der Waals surface area (Å²) in [6.07, 6.45) is 3.33. The van der Waals surface area contributed by atoms with Crippen molar-refractivity contribution in [1.82, 2.24) is 9.55 Å². The number of nitrogens with zero attached hydrogens (tertiary/aromatic N) is 2. The maximum atomic E-state index is 13.5. The number of hydrogen-bond donors (Lipinski definition) is 1. The Morgan fingerprint density at radius 3 is 3.10 bits per heavy atom. The predicted molar refractivity (Wildman–Crippen MR) is 80.1 cm³/mol. The van der Waals surface area contributed by atoms with Crippen molar-refractivity contribution in [1.29, 1.82) is 0 Å². The van der Waals surface area contributed by atoms with Crippen LogP contribution in [-0.2, 0) is 4.79 Å². The maximum absolute atomic E-state index is 13.5. The average molecular weight is 308 g/mol. The molecule has 1 heterocycles. The number of carboxylic acid groups (broad SMARTS) is 1. The topological polar surface area (TPSA) is 55.1 Å². The predicted octanol–water partition coefficient (Wildman–Crippen LogP) is 3.71. The third-order valence-electron chi connectivity index (χ3n) is 3.82. The quantitative estimate of drug-likeness (QED) is 0.826. The smallest absolute Gasteiger partial charge is 0.313 e. The van der Waals surface area contributed by atoms with Crippen LogP contribution in [-0.4, -0.2) is 26.4 Å². The number of imidazole rings is 1. The van der Waals surface area contributed by atoms with Crippen LogP contribution in [0.3, 0.4) is 0 Å². The molecule has 0 amide bonds. The fraction of sp³-hybridized carbons (Fsp3) is 0.467. The lowest BCUT2D eigenvalue weighted by Crippen LogP contribution is -2.03. The van der Waals surface area contributed by atoms with Crippen molar-refractivity contribution in [2.45, 2.75) is 37.4 Å². The number of carbonyl (C=O) groups is 1. The minimum absolute atomic E-state index is 0.0308. The van der Waals surface area contributed by atoms with E-state index in [4.69, 9.17) is 5.11 Å². The van der Waals surface area contributed by atoms with Crippen molar-refractivity contribution < 1.29 is 14.3 Å². The molecule has 1 aromatic heterocycles. The Kier molecular flexibility index (Phi) is 3.89. The number of aliphatic carboxylic acids is 1. The Morgan fingerprint density at radius 1 is 1.57 bits per heavy atom. The highest BCUT2D eigenvalue weighted by molar-refractivity contribution is 7.99. The van der Waals surface area contributed by atoms with E-state index in [9.17, 15) is 9.18 Å². The summed E-state index contributed by atoms with van der Waals surface area (Å²) < 4.78 is 15.6. The van der Waals surface area contributed by atoms with Gasteiger partial charge in [-0.1, -0.05) is 25.1 Å². The first-order chi connectivity index (χ1) is 10.1. The molecule has 1 aliphatic carbocycles. The molecule has 112 valence electrons. The van der Waals surface area contributed by atoms with Gasteiger partial charge in [-0.15, -0.1) is 0 Å². The van der Waals surface area contributed by atoms with Gasteiger partial charge in [0.15, 0.2) is 5.16 Å². The average Bonchev–Trinajstić information content (AvgIpc) is 3.09. The standard InChI is InChI=1S/C15H17FN2O2S/c1-2-3-9-6-12(9)18-13-7-10(16)4-5-11(13)17-15(18)21-8-14(19)20/h4-5,7,9,12H,2-3,6,8H2,1H3,(H,19,20). The van der Waals surface area contributed by atoms with Gasteiger partial charge < -0.3 is 9.67 Å². The molecule has 0 bridgehead atoms. The molecule has 1 aliphatic rings. The van der Waals surface area contributed by atoms with E-state index >= 15 is 0 Å². The zero-order valence-corrected chi connectivity index (χ0v) is 12.6. The van der Waals surface area contributed by atoms with E-state index in [1.54, 1.807) is 6.07 Å². The molecule has 0 radical (unpaired) electrons. The fourth-order valence-electron chi connectivity index (χ4n) is 2.82. The Balaban J connectivity index is 1.98. The second-order valence-corrected chi connectivity index (χ2v) is 6.37. The molecule has 2 unspecified atom stereocenters. The van der Waals surface area contributed by atoms with Crippen LogP contribution in [0, 0.1) is 11.7 Å². The van der Waals surface area contributed by atoms with E-state index < -0.39 is 5.97 Å². The van der Waals surface area contributed by atoms with Crippen LogP contribution in [0.4, 0.5) is 4.39 Å². The van der Waals surface area contributed by atoms with Crippen molar-refractivity contribution in [3.05, 3.63) is 24.0 Å². The number of fused-ring (bicyclic) bond motifs is 1. The third kappa shape index (κ3) is 2.90. The van der Waals surface area contributed by atoms with Gasteiger partial charge in [0.25, 0.3) is 0 Å². The molecule has 3 rings (SSSR count). The number of hydrogen-bond acceptors (Lipinski definition) is 3. The number of halogens is 1. The lowest BCUT2D eigenvalue weighted by atomic mass is 10.2. The first kappa shape index (κ1) is 14.4. The SMILES string of the molecule is CCCC1CC1n1c(SCC(=O)O)nc2ccc(F)cc21. The highest BCUT2D eigenvalue weighted by Crippen LogP contribution is 2.49. The second-order valence-electron chi connectivity index (χ2n) is 5.43. The van der Waals surface area contributed by atoms with Gasteiger partial charge in [-0.25, -0.2) is 9.37 Å². The molecular weight excluding hydrogens is 291 g/mol. The zero-order chi connectivity index (χ0) is 15.0. The largest absolute Gasteiger partial charge is 0.481 e. The molecule has 2 atom stereocenters. The first-order valence-corrected chi connectivity index (χ1v) is 8.10. The highest BCUT2D eigenvalue weighted by atomic mass is 32.2. The van der Waals surface area contributed by atoms with Gasteiger partial charge in [0.2, 0.25) is 0 Å². The summed E-state index contributed by atoms with van der Waals surface area (Å²) in [7, 11) is 0. The van der Waals surface area contributed by atoms with E-state index in [0.717, 1.165) is 30.3 Å². The molecule has 2 aromatic rings. The van der Waals surface area contributed by atoms with Crippen LogP contribution in [0.25, 0.3) is 11.0 Å². The number of benzene rings is 1. The molecule has 0 saturated heterocycles. The lowest BCUT2D eigenvalue weighted by molar-refractivity contribution is -0.133. The van der Waals surface area contributed by atoms with Crippen LogP contribution in [0.1, 0.15) is 32.2 Å². The van der Waals surface area contributed by atoms with Gasteiger partial charge in [0, 0.05) is 6.04 Å². The van der Waals surface area contributed by atoms with E-state index in [-0.39, 0.29) is 11.6 Å². The normalized spacial score (nSPS) is 20.9. The minimum atomic E-state index is -0.870. The summed E-state index contributed by atoms with van der Waals surface area (Å²) in [5.41, 5.74) is 1.50. The zero-order valence-electron chi connectivity index (χ0n) is 11.8. The Morgan fingerprint density at radius 2 is 2.38 bits per heavy atom. The van der Waals surface area contributed by atoms with Gasteiger partial charge >= 0.3 is 5.97 Å². The second kappa shape index (κ2) is 5.67. The van der Waals surface area contributed by atoms with Crippen molar-refractivity contribution in [2.24, 2.45) is 5.92 Å². The molecule has 4 nitrogen and oxygen atoms in total. The van der Waals surface area contributed by atoms with E-state index in [1.165, 1.54) is 23.9 Å². The van der Waals surface area contributed by atoms with E-state index in [1.807, 2.05) is 4.57 Å². The Labute approximate surface area is 126 Å². The minimum Gasteiger partial charge on any atom is -0.481 e. The van der Waals surface area contributed by atoms with E-state index in [2.05, 4.69) is 11.9 Å². The fourth-order valence-corrected chi connectivity index (χ4v) is 3.61. The summed E-state index contributed by atoms with van der Waals surface area (Å²) in [5, 5.41) is 9.54. The first-order valence-electron chi connectivity index (χ1n) is 7.12. The molecule has 21 heavy (non-hydrogen) atoms. The number of rotatable bonds is 6. The molecule has 0 spiro atoms. The van der Waals surface area contributed by atoms with E-state index in [0.29, 0.717) is 17.1 Å². The molecule has 1 aromatic carbocycles. The molecule has 1 fully saturated rings. The Hall–Kier alpha value is -1.56. The van der Waals surface area contributed by atoms with Crippen LogP contribution in [0.2, 0.25) is 0 Å². The molecule has 6 heteroatoms. The van der Waals surface area contributed by atoms with Gasteiger partial charge in [-0.05, 0) is 37.0 Å². The summed E-state index contributed by atoms with van der Waals surface area (Å²) in [6.45, 7) is 2.15. The van der Waals surface area contributed by atoms with Gasteiger partial charge in [0.1, 0.15) is 5.82 Å². The van der Waals surface area contributed by atoms with Gasteiger partial charge in [-0.2, -0.15) is 0 Å². The summed E-state index contributed by atoms with van der Waals surface area (Å²) >= 11 is 1.21. The molecule has 0 aliphatic heterocycles. The van der Waals surface area contributed by atoms with Gasteiger partial charge in [-0.3, -0.25) is 4.79 Å². The monoisotopic (exact) mass is 308 g/mol. The Bertz CT molecular complexity index is 686. The van der Waals surface area contributed by atoms with Crippen LogP contribution < -0.4 is 0 Å². The number of carboxylic acids is 1. The molecule has 1 N–H and O–H groups in total. The third-order valence-corrected chi connectivity index (χ3v) is 4.76. The van der Waals surface area contributed by atoms with Crippen molar-refractivity contribution in [3.8, 4) is 0 Å². The summed E-state index contributed by atoms with van der Waals surface area (Å²) in [6, 6.07) is 4.87. The summed E-state index contributed by atoms with van der Waals surface area (Å²) in [4.78, 5) is 15.3. The van der Waals surface area contributed by atoms with Crippen molar-refractivity contribution in [2.75, 3.05) is 5.75 Å². The van der Waals surface area contributed by atoms with Crippen LogP contribution >= 0.6 is 11.8 Å². The number of thioether (sulfide) groups is 1.